The van der Waals surface area contributed by atoms with E-state index in [1.165, 1.54) is 30.1 Å². The van der Waals surface area contributed by atoms with E-state index >= 15 is 0 Å². The van der Waals surface area contributed by atoms with Crippen molar-refractivity contribution in [2.24, 2.45) is 5.10 Å². The average Bonchev–Trinajstić information content (AvgIpc) is 2.93. The molecule has 23 heavy (non-hydrogen) atoms. The number of hydrogen-bond acceptors (Lipinski definition) is 8. The van der Waals surface area contributed by atoms with E-state index in [0.717, 1.165) is 11.4 Å². The molecule has 0 atom stereocenters. The number of hydrazone groups is 1. The highest BCUT2D eigenvalue weighted by Gasteiger charge is 2.10. The number of rotatable bonds is 6. The number of nitrogens with one attached hydrogen (secondary N) is 1. The molecule has 0 radical (unpaired) electrons. The monoisotopic (exact) mass is 335 g/mol. The van der Waals surface area contributed by atoms with Crippen molar-refractivity contribution >= 4 is 29.8 Å². The summed E-state index contributed by atoms with van der Waals surface area (Å²) in [5.41, 5.74) is 3.96. The van der Waals surface area contributed by atoms with E-state index < -0.39 is 4.92 Å². The number of aromatic nitrogens is 2. The molecule has 0 unspecified atom stereocenters. The Morgan fingerprint density at radius 1 is 1.43 bits per heavy atom. The largest absolute Gasteiger partial charge is 0.433 e. The fourth-order valence-electron chi connectivity index (χ4n) is 1.60. The van der Waals surface area contributed by atoms with Crippen molar-refractivity contribution in [1.29, 1.82) is 0 Å². The van der Waals surface area contributed by atoms with Crippen LogP contribution in [-0.2, 0) is 4.79 Å². The van der Waals surface area contributed by atoms with E-state index in [1.807, 2.05) is 19.9 Å². The van der Waals surface area contributed by atoms with E-state index in [2.05, 4.69) is 20.5 Å². The van der Waals surface area contributed by atoms with Gasteiger partial charge < -0.3 is 4.42 Å². The fourth-order valence-corrected chi connectivity index (χ4v) is 2.34. The zero-order valence-electron chi connectivity index (χ0n) is 12.3. The SMILES string of the molecule is Cc1cc(C)nc(SCC(=O)N/N=C/c2ccc([N+](=O)[O-])o2)n1. The van der Waals surface area contributed by atoms with Crippen LogP contribution in [0.5, 0.6) is 0 Å². The maximum absolute atomic E-state index is 11.6. The van der Waals surface area contributed by atoms with Gasteiger partial charge in [-0.05, 0) is 26.0 Å². The Morgan fingerprint density at radius 3 is 2.74 bits per heavy atom. The number of nitrogens with zero attached hydrogens (tertiary/aromatic N) is 4. The number of carbonyl (C=O) groups is 1. The van der Waals surface area contributed by atoms with Crippen LogP contribution < -0.4 is 5.43 Å². The first-order valence-electron chi connectivity index (χ1n) is 6.45. The minimum atomic E-state index is -0.656. The lowest BCUT2D eigenvalue weighted by atomic mass is 10.4. The molecule has 0 fully saturated rings. The lowest BCUT2D eigenvalue weighted by Gasteiger charge is -2.02. The molecular weight excluding hydrogens is 322 g/mol. The zero-order valence-corrected chi connectivity index (χ0v) is 13.2. The van der Waals surface area contributed by atoms with Crippen LogP contribution in [0.4, 0.5) is 5.88 Å². The molecule has 0 aliphatic carbocycles. The number of aryl methyl sites for hydroxylation is 2. The molecule has 1 amide bonds. The smallest absolute Gasteiger partial charge is 0.400 e. The highest BCUT2D eigenvalue weighted by atomic mass is 32.2. The fraction of sp³-hybridized carbons (Fsp3) is 0.231. The Morgan fingerprint density at radius 2 is 2.13 bits per heavy atom. The van der Waals surface area contributed by atoms with E-state index in [-0.39, 0.29) is 23.3 Å². The molecule has 2 aromatic heterocycles. The molecule has 0 spiro atoms. The lowest BCUT2D eigenvalue weighted by Crippen LogP contribution is -2.19. The van der Waals surface area contributed by atoms with E-state index in [0.29, 0.717) is 5.16 Å². The number of amides is 1. The van der Waals surface area contributed by atoms with Crippen LogP contribution in [0.25, 0.3) is 0 Å². The van der Waals surface area contributed by atoms with Crippen molar-refractivity contribution in [2.75, 3.05) is 5.75 Å². The van der Waals surface area contributed by atoms with E-state index in [1.54, 1.807) is 0 Å². The molecule has 0 aromatic carbocycles. The predicted octanol–water partition coefficient (Wildman–Crippen LogP) is 1.84. The standard InChI is InChI=1S/C13H13N5O4S/c1-8-5-9(2)16-13(15-8)23-7-11(19)17-14-6-10-3-4-12(22-10)18(20)21/h3-6H,7H2,1-2H3,(H,17,19)/b14-6+. The van der Waals surface area contributed by atoms with Gasteiger partial charge in [0.2, 0.25) is 0 Å². The maximum Gasteiger partial charge on any atom is 0.433 e. The van der Waals surface area contributed by atoms with Gasteiger partial charge >= 0.3 is 5.88 Å². The summed E-state index contributed by atoms with van der Waals surface area (Å²) in [6.07, 6.45) is 1.18. The third kappa shape index (κ3) is 5.18. The first-order chi connectivity index (χ1) is 10.9. The molecular formula is C13H13N5O4S. The second kappa shape index (κ2) is 7.49. The summed E-state index contributed by atoms with van der Waals surface area (Å²) < 4.78 is 4.86. The molecule has 0 aliphatic heterocycles. The zero-order chi connectivity index (χ0) is 16.8. The number of carbonyl (C=O) groups excluding carboxylic acids is 1. The van der Waals surface area contributed by atoms with Crippen molar-refractivity contribution in [1.82, 2.24) is 15.4 Å². The van der Waals surface area contributed by atoms with Gasteiger partial charge in [-0.15, -0.1) is 0 Å². The number of nitro groups is 1. The van der Waals surface area contributed by atoms with Crippen LogP contribution in [0, 0.1) is 24.0 Å². The van der Waals surface area contributed by atoms with Gasteiger partial charge in [-0.1, -0.05) is 11.8 Å². The van der Waals surface area contributed by atoms with Gasteiger partial charge in [0.1, 0.15) is 4.92 Å². The summed E-state index contributed by atoms with van der Waals surface area (Å²) in [6, 6.07) is 4.43. The van der Waals surface area contributed by atoms with Crippen molar-refractivity contribution in [3.8, 4) is 0 Å². The minimum Gasteiger partial charge on any atom is -0.400 e. The van der Waals surface area contributed by atoms with Gasteiger partial charge in [-0.2, -0.15) is 5.10 Å². The molecule has 2 heterocycles. The third-order valence-corrected chi connectivity index (χ3v) is 3.32. The molecule has 9 nitrogen and oxygen atoms in total. The molecule has 1 N–H and O–H groups in total. The van der Waals surface area contributed by atoms with Crippen LogP contribution in [0.2, 0.25) is 0 Å². The predicted molar refractivity (Wildman–Crippen MR) is 83.3 cm³/mol. The molecule has 0 saturated heterocycles. The van der Waals surface area contributed by atoms with Crippen molar-refractivity contribution in [2.45, 2.75) is 19.0 Å². The van der Waals surface area contributed by atoms with Gasteiger partial charge in [0.25, 0.3) is 5.91 Å². The van der Waals surface area contributed by atoms with Gasteiger partial charge in [-0.25, -0.2) is 15.4 Å². The Balaban J connectivity index is 1.82. The van der Waals surface area contributed by atoms with Gasteiger partial charge in [-0.3, -0.25) is 14.9 Å². The molecule has 0 bridgehead atoms. The van der Waals surface area contributed by atoms with Crippen LogP contribution in [0.1, 0.15) is 17.1 Å². The van der Waals surface area contributed by atoms with Crippen LogP contribution in [0.15, 0.2) is 32.9 Å². The second-order valence-electron chi connectivity index (χ2n) is 4.45. The first-order valence-corrected chi connectivity index (χ1v) is 7.44. The molecule has 2 aromatic rings. The normalized spacial score (nSPS) is 10.9. The Hall–Kier alpha value is -2.75. The molecule has 10 heteroatoms. The Kier molecular flexibility index (Phi) is 5.41. The van der Waals surface area contributed by atoms with Crippen molar-refractivity contribution < 1.29 is 14.1 Å². The highest BCUT2D eigenvalue weighted by molar-refractivity contribution is 7.99. The maximum atomic E-state index is 11.6. The number of hydrogen-bond donors (Lipinski definition) is 1. The summed E-state index contributed by atoms with van der Waals surface area (Å²) in [7, 11) is 0. The quantitative estimate of drug-likeness (QED) is 0.281. The lowest BCUT2D eigenvalue weighted by molar-refractivity contribution is -0.402. The van der Waals surface area contributed by atoms with Crippen LogP contribution in [0.3, 0.4) is 0 Å². The molecule has 120 valence electrons. The Labute approximate surface area is 135 Å². The van der Waals surface area contributed by atoms with Crippen molar-refractivity contribution in [3.63, 3.8) is 0 Å². The van der Waals surface area contributed by atoms with Gasteiger partial charge in [0.15, 0.2) is 10.9 Å². The minimum absolute atomic E-state index is 0.0958. The van der Waals surface area contributed by atoms with E-state index in [4.69, 9.17) is 4.42 Å². The highest BCUT2D eigenvalue weighted by Crippen LogP contribution is 2.14. The molecule has 0 saturated carbocycles. The van der Waals surface area contributed by atoms with Crippen LogP contribution in [-0.4, -0.2) is 32.8 Å². The van der Waals surface area contributed by atoms with Crippen molar-refractivity contribution in [3.05, 3.63) is 45.5 Å². The van der Waals surface area contributed by atoms with Gasteiger partial charge in [0.05, 0.1) is 18.0 Å². The van der Waals surface area contributed by atoms with Crippen LogP contribution >= 0.6 is 11.8 Å². The molecule has 0 aliphatic rings. The summed E-state index contributed by atoms with van der Waals surface area (Å²) >= 11 is 1.19. The molecule has 2 rings (SSSR count). The summed E-state index contributed by atoms with van der Waals surface area (Å²) in [4.78, 5) is 29.9. The number of thioether (sulfide) groups is 1. The first kappa shape index (κ1) is 16.6. The summed E-state index contributed by atoms with van der Waals surface area (Å²) in [6.45, 7) is 3.71. The topological polar surface area (TPSA) is 124 Å². The Bertz CT molecular complexity index is 738. The van der Waals surface area contributed by atoms with Gasteiger partial charge in [0, 0.05) is 11.4 Å². The summed E-state index contributed by atoms with van der Waals surface area (Å²) in [5, 5.41) is 14.6. The summed E-state index contributed by atoms with van der Waals surface area (Å²) in [5.74, 6) is -0.476. The number of furan rings is 1. The average molecular weight is 335 g/mol. The third-order valence-electron chi connectivity index (χ3n) is 2.47. The second-order valence-corrected chi connectivity index (χ2v) is 5.39. The van der Waals surface area contributed by atoms with E-state index in [9.17, 15) is 14.9 Å².